The van der Waals surface area contributed by atoms with Crippen LogP contribution in [0.4, 0.5) is 24.8 Å². The van der Waals surface area contributed by atoms with E-state index in [0.29, 0.717) is 17.5 Å². The van der Waals surface area contributed by atoms with Crippen LogP contribution in [0, 0.1) is 0 Å². The summed E-state index contributed by atoms with van der Waals surface area (Å²) in [5.41, 5.74) is 0. The summed E-state index contributed by atoms with van der Waals surface area (Å²) in [6, 6.07) is 1.69. The van der Waals surface area contributed by atoms with Crippen molar-refractivity contribution in [2.75, 3.05) is 24.2 Å². The van der Waals surface area contributed by atoms with Gasteiger partial charge < -0.3 is 10.6 Å². The van der Waals surface area contributed by atoms with Gasteiger partial charge in [-0.05, 0) is 12.8 Å². The monoisotopic (exact) mass is 276 g/mol. The number of anilines is 2. The zero-order valence-corrected chi connectivity index (χ0v) is 11.1. The van der Waals surface area contributed by atoms with E-state index in [-0.39, 0.29) is 13.0 Å². The lowest BCUT2D eigenvalue weighted by Crippen LogP contribution is -2.12. The molecule has 0 saturated carbocycles. The summed E-state index contributed by atoms with van der Waals surface area (Å²) in [6.45, 7) is 2.26. The molecule has 108 valence electrons. The molecule has 0 aliphatic carbocycles. The molecule has 0 aliphatic rings. The molecule has 0 amide bonds. The SMILES string of the molecule is CCCc1nc(NC)cc(NCCCC(F)(F)F)n1. The molecule has 0 saturated heterocycles. The maximum atomic E-state index is 12.0. The summed E-state index contributed by atoms with van der Waals surface area (Å²) in [5, 5.41) is 5.81. The number of nitrogens with zero attached hydrogens (tertiary/aromatic N) is 2. The van der Waals surface area contributed by atoms with Crippen LogP contribution in [0.2, 0.25) is 0 Å². The molecule has 0 fully saturated rings. The van der Waals surface area contributed by atoms with Gasteiger partial charge in [-0.1, -0.05) is 6.92 Å². The van der Waals surface area contributed by atoms with Gasteiger partial charge in [0.05, 0.1) is 0 Å². The van der Waals surface area contributed by atoms with E-state index in [4.69, 9.17) is 0 Å². The van der Waals surface area contributed by atoms with Gasteiger partial charge in [-0.2, -0.15) is 13.2 Å². The predicted molar refractivity (Wildman–Crippen MR) is 69.4 cm³/mol. The molecule has 1 aromatic heterocycles. The van der Waals surface area contributed by atoms with E-state index >= 15 is 0 Å². The number of hydrogen-bond donors (Lipinski definition) is 2. The van der Waals surface area contributed by atoms with E-state index in [9.17, 15) is 13.2 Å². The summed E-state index contributed by atoms with van der Waals surface area (Å²) in [6.07, 6.45) is -3.19. The van der Waals surface area contributed by atoms with Crippen LogP contribution in [0.15, 0.2) is 6.07 Å². The Morgan fingerprint density at radius 2 is 1.89 bits per heavy atom. The lowest BCUT2D eigenvalue weighted by atomic mass is 10.3. The number of nitrogens with one attached hydrogen (secondary N) is 2. The van der Waals surface area contributed by atoms with E-state index in [1.165, 1.54) is 0 Å². The fourth-order valence-electron chi connectivity index (χ4n) is 1.56. The first-order valence-corrected chi connectivity index (χ1v) is 6.31. The van der Waals surface area contributed by atoms with Crippen LogP contribution in [0.1, 0.15) is 32.0 Å². The molecular weight excluding hydrogens is 257 g/mol. The molecule has 0 bridgehead atoms. The molecule has 1 aromatic rings. The van der Waals surface area contributed by atoms with Gasteiger partial charge in [0.2, 0.25) is 0 Å². The van der Waals surface area contributed by atoms with Gasteiger partial charge in [0.15, 0.2) is 0 Å². The fourth-order valence-corrected chi connectivity index (χ4v) is 1.56. The number of halogens is 3. The second kappa shape index (κ2) is 7.16. The van der Waals surface area contributed by atoms with Crippen LogP contribution in [0.25, 0.3) is 0 Å². The van der Waals surface area contributed by atoms with Crippen molar-refractivity contribution in [1.82, 2.24) is 9.97 Å². The molecule has 0 aliphatic heterocycles. The quantitative estimate of drug-likeness (QED) is 0.751. The van der Waals surface area contributed by atoms with Crippen LogP contribution in [-0.4, -0.2) is 29.7 Å². The van der Waals surface area contributed by atoms with E-state index in [2.05, 4.69) is 20.6 Å². The van der Waals surface area contributed by atoms with E-state index in [0.717, 1.165) is 12.8 Å². The van der Waals surface area contributed by atoms with Crippen LogP contribution < -0.4 is 10.6 Å². The molecule has 1 heterocycles. The Hall–Kier alpha value is -1.53. The van der Waals surface area contributed by atoms with Gasteiger partial charge in [0, 0.05) is 32.5 Å². The highest BCUT2D eigenvalue weighted by Crippen LogP contribution is 2.21. The predicted octanol–water partition coefficient (Wildman–Crippen LogP) is 3.23. The van der Waals surface area contributed by atoms with Crippen molar-refractivity contribution in [3.8, 4) is 0 Å². The molecule has 0 spiro atoms. The Bertz CT molecular complexity index is 393. The minimum Gasteiger partial charge on any atom is -0.373 e. The zero-order chi connectivity index (χ0) is 14.3. The molecule has 0 atom stereocenters. The van der Waals surface area contributed by atoms with E-state index in [1.807, 2.05) is 6.92 Å². The second-order valence-corrected chi connectivity index (χ2v) is 4.20. The minimum absolute atomic E-state index is 0.0332. The topological polar surface area (TPSA) is 49.8 Å². The molecule has 19 heavy (non-hydrogen) atoms. The Morgan fingerprint density at radius 1 is 1.21 bits per heavy atom. The van der Waals surface area contributed by atoms with Crippen LogP contribution in [-0.2, 0) is 6.42 Å². The molecule has 0 unspecified atom stereocenters. The highest BCUT2D eigenvalue weighted by atomic mass is 19.4. The normalized spacial score (nSPS) is 11.4. The lowest BCUT2D eigenvalue weighted by molar-refractivity contribution is -0.134. The molecule has 1 rings (SSSR count). The van der Waals surface area contributed by atoms with Crippen molar-refractivity contribution in [3.05, 3.63) is 11.9 Å². The third-order valence-corrected chi connectivity index (χ3v) is 2.45. The van der Waals surface area contributed by atoms with Crippen LogP contribution >= 0.6 is 0 Å². The third kappa shape index (κ3) is 6.26. The van der Waals surface area contributed by atoms with Gasteiger partial charge in [-0.15, -0.1) is 0 Å². The van der Waals surface area contributed by atoms with Crippen LogP contribution in [0.5, 0.6) is 0 Å². The summed E-state index contributed by atoms with van der Waals surface area (Å²) in [7, 11) is 1.74. The number of alkyl halides is 3. The van der Waals surface area contributed by atoms with Crippen molar-refractivity contribution in [2.45, 2.75) is 38.8 Å². The van der Waals surface area contributed by atoms with Crippen molar-refractivity contribution < 1.29 is 13.2 Å². The first-order valence-electron chi connectivity index (χ1n) is 6.31. The van der Waals surface area contributed by atoms with Crippen molar-refractivity contribution in [1.29, 1.82) is 0 Å². The lowest BCUT2D eigenvalue weighted by Gasteiger charge is -2.10. The number of hydrogen-bond acceptors (Lipinski definition) is 4. The molecule has 2 N–H and O–H groups in total. The van der Waals surface area contributed by atoms with Crippen LogP contribution in [0.3, 0.4) is 0 Å². The number of aryl methyl sites for hydroxylation is 1. The fraction of sp³-hybridized carbons (Fsp3) is 0.667. The molecular formula is C12H19F3N4. The third-order valence-electron chi connectivity index (χ3n) is 2.45. The first kappa shape index (κ1) is 15.5. The van der Waals surface area contributed by atoms with Gasteiger partial charge in [-0.3, -0.25) is 0 Å². The minimum atomic E-state index is -4.10. The second-order valence-electron chi connectivity index (χ2n) is 4.20. The Labute approximate surface area is 110 Å². The Balaban J connectivity index is 2.54. The standard InChI is InChI=1S/C12H19F3N4/c1-3-5-9-18-10(16-2)8-11(19-9)17-7-4-6-12(13,14)15/h8H,3-7H2,1-2H3,(H2,16,17,18,19). The number of aromatic nitrogens is 2. The summed E-state index contributed by atoms with van der Waals surface area (Å²) < 4.78 is 36.0. The van der Waals surface area contributed by atoms with Gasteiger partial charge in [-0.25, -0.2) is 9.97 Å². The molecule has 0 radical (unpaired) electrons. The van der Waals surface area contributed by atoms with Gasteiger partial charge in [0.25, 0.3) is 0 Å². The van der Waals surface area contributed by atoms with Gasteiger partial charge in [0.1, 0.15) is 17.5 Å². The molecule has 7 heteroatoms. The highest BCUT2D eigenvalue weighted by molar-refractivity contribution is 5.47. The Kier molecular flexibility index (Phi) is 5.85. The van der Waals surface area contributed by atoms with Crippen molar-refractivity contribution in [3.63, 3.8) is 0 Å². The average molecular weight is 276 g/mol. The molecule has 4 nitrogen and oxygen atoms in total. The van der Waals surface area contributed by atoms with E-state index in [1.54, 1.807) is 13.1 Å². The summed E-state index contributed by atoms with van der Waals surface area (Å²) in [4.78, 5) is 8.53. The largest absolute Gasteiger partial charge is 0.389 e. The zero-order valence-electron chi connectivity index (χ0n) is 11.1. The maximum absolute atomic E-state index is 12.0. The molecule has 0 aromatic carbocycles. The smallest absolute Gasteiger partial charge is 0.373 e. The maximum Gasteiger partial charge on any atom is 0.389 e. The van der Waals surface area contributed by atoms with E-state index < -0.39 is 12.6 Å². The van der Waals surface area contributed by atoms with Crippen molar-refractivity contribution in [2.24, 2.45) is 0 Å². The first-order chi connectivity index (χ1) is 8.94. The number of rotatable bonds is 7. The van der Waals surface area contributed by atoms with Gasteiger partial charge >= 0.3 is 6.18 Å². The average Bonchev–Trinajstić information content (AvgIpc) is 2.34. The summed E-state index contributed by atoms with van der Waals surface area (Å²) >= 11 is 0. The summed E-state index contributed by atoms with van der Waals surface area (Å²) in [5.74, 6) is 1.91. The Morgan fingerprint density at radius 3 is 2.47 bits per heavy atom. The highest BCUT2D eigenvalue weighted by Gasteiger charge is 2.25. The van der Waals surface area contributed by atoms with Crippen molar-refractivity contribution >= 4 is 11.6 Å².